The molecule has 0 spiro atoms. The predicted octanol–water partition coefficient (Wildman–Crippen LogP) is 4.49. The minimum atomic E-state index is 0.556. The van der Waals surface area contributed by atoms with Crippen LogP contribution in [0.15, 0.2) is 54.9 Å². The summed E-state index contributed by atoms with van der Waals surface area (Å²) in [6, 6.07) is 13.3. The quantitative estimate of drug-likeness (QED) is 0.723. The fourth-order valence-electron chi connectivity index (χ4n) is 2.10. The molecule has 0 atom stereocenters. The smallest absolute Gasteiger partial charge is 0.0660 e. The van der Waals surface area contributed by atoms with Crippen LogP contribution in [-0.4, -0.2) is 9.78 Å². The zero-order valence-corrected chi connectivity index (χ0v) is 12.6. The molecule has 0 unspecified atom stereocenters. The first-order chi connectivity index (χ1) is 10.1. The van der Waals surface area contributed by atoms with E-state index < -0.39 is 0 Å². The SMILES string of the molecule is Nc1ccc(-c2cnn(Cc3ccc(Cl)c(Cl)c3)c2)cc1. The maximum atomic E-state index is 6.02. The number of anilines is 1. The van der Waals surface area contributed by atoms with Crippen LogP contribution < -0.4 is 5.73 Å². The molecule has 0 fully saturated rings. The largest absolute Gasteiger partial charge is 0.399 e. The second-order valence-corrected chi connectivity index (χ2v) is 5.61. The predicted molar refractivity (Wildman–Crippen MR) is 87.6 cm³/mol. The van der Waals surface area contributed by atoms with Crippen molar-refractivity contribution < 1.29 is 0 Å². The second-order valence-electron chi connectivity index (χ2n) is 4.80. The molecule has 1 heterocycles. The monoisotopic (exact) mass is 317 g/mol. The topological polar surface area (TPSA) is 43.8 Å². The summed E-state index contributed by atoms with van der Waals surface area (Å²) >= 11 is 11.9. The molecule has 2 aromatic carbocycles. The molecule has 3 nitrogen and oxygen atoms in total. The van der Waals surface area contributed by atoms with Crippen LogP contribution in [-0.2, 0) is 6.54 Å². The van der Waals surface area contributed by atoms with Crippen molar-refractivity contribution >= 4 is 28.9 Å². The molecule has 3 aromatic rings. The number of hydrogen-bond donors (Lipinski definition) is 1. The van der Waals surface area contributed by atoms with Crippen molar-refractivity contribution in [2.45, 2.75) is 6.54 Å². The van der Waals surface area contributed by atoms with Crippen LogP contribution in [0.2, 0.25) is 10.0 Å². The Hall–Kier alpha value is -1.97. The summed E-state index contributed by atoms with van der Waals surface area (Å²) in [5.41, 5.74) is 9.64. The van der Waals surface area contributed by atoms with Gasteiger partial charge < -0.3 is 5.73 Å². The van der Waals surface area contributed by atoms with Gasteiger partial charge in [-0.2, -0.15) is 5.10 Å². The summed E-state index contributed by atoms with van der Waals surface area (Å²) in [7, 11) is 0. The zero-order valence-electron chi connectivity index (χ0n) is 11.1. The highest BCUT2D eigenvalue weighted by molar-refractivity contribution is 6.42. The lowest BCUT2D eigenvalue weighted by Gasteiger charge is -2.03. The molecule has 5 heteroatoms. The average Bonchev–Trinajstić information content (AvgIpc) is 2.92. The molecular weight excluding hydrogens is 305 g/mol. The Morgan fingerprint density at radius 2 is 1.71 bits per heavy atom. The van der Waals surface area contributed by atoms with Crippen LogP contribution >= 0.6 is 23.2 Å². The molecule has 0 amide bonds. The lowest BCUT2D eigenvalue weighted by molar-refractivity contribution is 0.687. The number of rotatable bonds is 3. The summed E-state index contributed by atoms with van der Waals surface area (Å²) in [5, 5.41) is 5.49. The lowest BCUT2D eigenvalue weighted by atomic mass is 10.1. The number of aromatic nitrogens is 2. The molecular formula is C16H13Cl2N3. The molecule has 3 rings (SSSR count). The molecule has 0 aliphatic carbocycles. The van der Waals surface area contributed by atoms with Gasteiger partial charge in [0, 0.05) is 17.4 Å². The van der Waals surface area contributed by atoms with Crippen LogP contribution in [0.25, 0.3) is 11.1 Å². The summed E-state index contributed by atoms with van der Waals surface area (Å²) in [6.07, 6.45) is 3.83. The van der Waals surface area contributed by atoms with Gasteiger partial charge in [0.1, 0.15) is 0 Å². The van der Waals surface area contributed by atoms with E-state index in [0.717, 1.165) is 22.4 Å². The van der Waals surface area contributed by atoms with Gasteiger partial charge in [-0.25, -0.2) is 0 Å². The van der Waals surface area contributed by atoms with E-state index in [2.05, 4.69) is 5.10 Å². The van der Waals surface area contributed by atoms with Crippen LogP contribution in [0.5, 0.6) is 0 Å². The van der Waals surface area contributed by atoms with Crippen molar-refractivity contribution in [3.05, 3.63) is 70.5 Å². The van der Waals surface area contributed by atoms with Crippen molar-refractivity contribution in [2.24, 2.45) is 0 Å². The molecule has 0 radical (unpaired) electrons. The normalized spacial score (nSPS) is 10.8. The number of nitrogens with two attached hydrogens (primary N) is 1. The minimum Gasteiger partial charge on any atom is -0.399 e. The number of nitrogen functional groups attached to an aromatic ring is 1. The van der Waals surface area contributed by atoms with Crippen LogP contribution in [0.3, 0.4) is 0 Å². The number of benzene rings is 2. The molecule has 0 aliphatic heterocycles. The Bertz CT molecular complexity index is 763. The zero-order chi connectivity index (χ0) is 14.8. The van der Waals surface area contributed by atoms with E-state index in [1.165, 1.54) is 0 Å². The van der Waals surface area contributed by atoms with Gasteiger partial charge in [-0.1, -0.05) is 41.4 Å². The third kappa shape index (κ3) is 3.20. The third-order valence-corrected chi connectivity index (χ3v) is 3.94. The molecule has 0 saturated heterocycles. The van der Waals surface area contributed by atoms with Crippen molar-refractivity contribution in [1.82, 2.24) is 9.78 Å². The summed E-state index contributed by atoms with van der Waals surface area (Å²) in [5.74, 6) is 0. The summed E-state index contributed by atoms with van der Waals surface area (Å²) in [4.78, 5) is 0. The number of hydrogen-bond acceptors (Lipinski definition) is 2. The van der Waals surface area contributed by atoms with E-state index in [-0.39, 0.29) is 0 Å². The maximum absolute atomic E-state index is 6.02. The fraction of sp³-hybridized carbons (Fsp3) is 0.0625. The van der Waals surface area contributed by atoms with E-state index in [0.29, 0.717) is 16.6 Å². The molecule has 0 bridgehead atoms. The van der Waals surface area contributed by atoms with Crippen molar-refractivity contribution in [3.8, 4) is 11.1 Å². The molecule has 2 N–H and O–H groups in total. The minimum absolute atomic E-state index is 0.556. The van der Waals surface area contributed by atoms with Gasteiger partial charge in [0.2, 0.25) is 0 Å². The van der Waals surface area contributed by atoms with Gasteiger partial charge in [0.15, 0.2) is 0 Å². The first-order valence-electron chi connectivity index (χ1n) is 6.44. The highest BCUT2D eigenvalue weighted by Crippen LogP contribution is 2.24. The van der Waals surface area contributed by atoms with Crippen LogP contribution in [0.1, 0.15) is 5.56 Å². The highest BCUT2D eigenvalue weighted by atomic mass is 35.5. The lowest BCUT2D eigenvalue weighted by Crippen LogP contribution is -1.99. The van der Waals surface area contributed by atoms with Gasteiger partial charge in [-0.05, 0) is 35.4 Å². The van der Waals surface area contributed by atoms with Crippen LogP contribution in [0.4, 0.5) is 5.69 Å². The third-order valence-electron chi connectivity index (χ3n) is 3.21. The molecule has 0 aliphatic rings. The van der Waals surface area contributed by atoms with E-state index in [9.17, 15) is 0 Å². The van der Waals surface area contributed by atoms with E-state index in [1.54, 1.807) is 6.07 Å². The van der Waals surface area contributed by atoms with Gasteiger partial charge in [-0.3, -0.25) is 4.68 Å². The molecule has 0 saturated carbocycles. The number of nitrogens with zero attached hydrogens (tertiary/aromatic N) is 2. The van der Waals surface area contributed by atoms with Gasteiger partial charge in [0.25, 0.3) is 0 Å². The summed E-state index contributed by atoms with van der Waals surface area (Å²) in [6.45, 7) is 0.645. The number of halogens is 2. The molecule has 21 heavy (non-hydrogen) atoms. The van der Waals surface area contributed by atoms with Crippen molar-refractivity contribution in [1.29, 1.82) is 0 Å². The van der Waals surface area contributed by atoms with E-state index in [1.807, 2.05) is 53.5 Å². The Morgan fingerprint density at radius 3 is 2.43 bits per heavy atom. The van der Waals surface area contributed by atoms with Gasteiger partial charge >= 0.3 is 0 Å². The Morgan fingerprint density at radius 1 is 0.952 bits per heavy atom. The Kier molecular flexibility index (Phi) is 3.86. The fourth-order valence-corrected chi connectivity index (χ4v) is 2.42. The van der Waals surface area contributed by atoms with Gasteiger partial charge in [0.05, 0.1) is 22.8 Å². The molecule has 106 valence electrons. The average molecular weight is 318 g/mol. The van der Waals surface area contributed by atoms with E-state index in [4.69, 9.17) is 28.9 Å². The van der Waals surface area contributed by atoms with Crippen LogP contribution in [0, 0.1) is 0 Å². The standard InChI is InChI=1S/C16H13Cl2N3/c17-15-6-1-11(7-16(15)18)9-21-10-13(8-20-21)12-2-4-14(19)5-3-12/h1-8,10H,9,19H2. The molecule has 1 aromatic heterocycles. The Balaban J connectivity index is 1.81. The van der Waals surface area contributed by atoms with Crippen molar-refractivity contribution in [3.63, 3.8) is 0 Å². The van der Waals surface area contributed by atoms with Crippen molar-refractivity contribution in [2.75, 3.05) is 5.73 Å². The van der Waals surface area contributed by atoms with E-state index >= 15 is 0 Å². The van der Waals surface area contributed by atoms with Gasteiger partial charge in [-0.15, -0.1) is 0 Å². The maximum Gasteiger partial charge on any atom is 0.0660 e. The second kappa shape index (κ2) is 5.80. The first-order valence-corrected chi connectivity index (χ1v) is 7.20. The first kappa shape index (κ1) is 14.0. The summed E-state index contributed by atoms with van der Waals surface area (Å²) < 4.78 is 1.87. The Labute approximate surface area is 132 Å². The highest BCUT2D eigenvalue weighted by Gasteiger charge is 2.04.